The second-order valence-electron chi connectivity index (χ2n) is 5.50. The molecule has 0 aliphatic rings. The lowest BCUT2D eigenvalue weighted by atomic mass is 10.0. The average molecular weight is 295 g/mol. The number of hydrogen-bond donors (Lipinski definition) is 1. The van der Waals surface area contributed by atoms with E-state index in [-0.39, 0.29) is 0 Å². The fourth-order valence-electron chi connectivity index (χ4n) is 2.59. The Morgan fingerprint density at radius 1 is 1.20 bits per heavy atom. The molecule has 3 heteroatoms. The van der Waals surface area contributed by atoms with Crippen molar-refractivity contribution in [2.75, 3.05) is 12.3 Å². The molecule has 0 aliphatic heterocycles. The predicted molar refractivity (Wildman–Crippen MR) is 88.4 cm³/mol. The number of hydrogen-bond acceptors (Lipinski definition) is 2. The van der Waals surface area contributed by atoms with Gasteiger partial charge in [-0.1, -0.05) is 38.8 Å². The van der Waals surface area contributed by atoms with E-state index in [4.69, 9.17) is 5.73 Å². The number of rotatable bonds is 10. The van der Waals surface area contributed by atoms with E-state index in [1.165, 1.54) is 31.2 Å². The molecule has 0 saturated carbocycles. The van der Waals surface area contributed by atoms with Crippen LogP contribution in [0.1, 0.15) is 51.5 Å². The van der Waals surface area contributed by atoms with Gasteiger partial charge in [0.15, 0.2) is 0 Å². The van der Waals surface area contributed by atoms with E-state index in [9.17, 15) is 4.21 Å². The van der Waals surface area contributed by atoms with Crippen molar-refractivity contribution in [1.82, 2.24) is 0 Å². The summed E-state index contributed by atoms with van der Waals surface area (Å²) >= 11 is 0. The van der Waals surface area contributed by atoms with Gasteiger partial charge in [0, 0.05) is 10.6 Å². The molecule has 0 spiro atoms. The Labute approximate surface area is 126 Å². The van der Waals surface area contributed by atoms with Crippen LogP contribution in [-0.2, 0) is 17.2 Å². The fraction of sp³-hybridized carbons (Fsp3) is 0.647. The van der Waals surface area contributed by atoms with E-state index in [1.807, 2.05) is 12.1 Å². The Kier molecular flexibility index (Phi) is 8.79. The Bertz CT molecular complexity index is 400. The molecule has 0 aliphatic carbocycles. The van der Waals surface area contributed by atoms with Crippen molar-refractivity contribution in [3.63, 3.8) is 0 Å². The summed E-state index contributed by atoms with van der Waals surface area (Å²) in [4.78, 5) is 0.983. The van der Waals surface area contributed by atoms with E-state index in [0.717, 1.165) is 23.5 Å². The van der Waals surface area contributed by atoms with Gasteiger partial charge in [-0.25, -0.2) is 0 Å². The molecule has 1 aromatic carbocycles. The molecule has 1 aromatic rings. The Hall–Kier alpha value is -0.670. The second-order valence-corrected chi connectivity index (χ2v) is 6.99. The second kappa shape index (κ2) is 10.1. The Morgan fingerprint density at radius 2 is 1.90 bits per heavy atom. The molecule has 0 amide bonds. The minimum absolute atomic E-state index is 0.596. The number of nitrogens with two attached hydrogens (primary N) is 1. The first-order valence-corrected chi connectivity index (χ1v) is 9.20. The van der Waals surface area contributed by atoms with Crippen LogP contribution in [0.3, 0.4) is 0 Å². The lowest BCUT2D eigenvalue weighted by Crippen LogP contribution is -2.11. The molecule has 1 rings (SSSR count). The van der Waals surface area contributed by atoms with Gasteiger partial charge in [0.1, 0.15) is 0 Å². The molecule has 2 nitrogen and oxygen atoms in total. The first-order chi connectivity index (χ1) is 9.71. The molecule has 114 valence electrons. The maximum absolute atomic E-state index is 12.5. The summed E-state index contributed by atoms with van der Waals surface area (Å²) in [5, 5.41) is 0. The molecule has 0 fully saturated rings. The van der Waals surface area contributed by atoms with Crippen molar-refractivity contribution in [2.24, 2.45) is 11.7 Å². The predicted octanol–water partition coefficient (Wildman–Crippen LogP) is 3.90. The van der Waals surface area contributed by atoms with Crippen LogP contribution < -0.4 is 5.73 Å². The van der Waals surface area contributed by atoms with E-state index in [0.29, 0.717) is 12.5 Å². The molecule has 1 atom stereocenters. The minimum Gasteiger partial charge on any atom is -0.330 e. The monoisotopic (exact) mass is 295 g/mol. The van der Waals surface area contributed by atoms with E-state index in [2.05, 4.69) is 26.0 Å². The lowest BCUT2D eigenvalue weighted by Gasteiger charge is -2.15. The van der Waals surface area contributed by atoms with Gasteiger partial charge in [-0.2, -0.15) is 0 Å². The van der Waals surface area contributed by atoms with Gasteiger partial charge >= 0.3 is 0 Å². The summed E-state index contributed by atoms with van der Waals surface area (Å²) in [6.45, 7) is 5.13. The van der Waals surface area contributed by atoms with Gasteiger partial charge in [0.25, 0.3) is 0 Å². The topological polar surface area (TPSA) is 43.1 Å². The highest BCUT2D eigenvalue weighted by molar-refractivity contribution is 7.85. The zero-order valence-electron chi connectivity index (χ0n) is 12.9. The number of aryl methyl sites for hydroxylation is 1. The van der Waals surface area contributed by atoms with Gasteiger partial charge < -0.3 is 5.73 Å². The largest absolute Gasteiger partial charge is 0.330 e. The third kappa shape index (κ3) is 6.19. The van der Waals surface area contributed by atoms with Crippen LogP contribution in [0.2, 0.25) is 0 Å². The van der Waals surface area contributed by atoms with Crippen LogP contribution in [0.5, 0.6) is 0 Å². The van der Waals surface area contributed by atoms with Crippen molar-refractivity contribution in [1.29, 1.82) is 0 Å². The zero-order valence-corrected chi connectivity index (χ0v) is 13.8. The summed E-state index contributed by atoms with van der Waals surface area (Å²) in [5.41, 5.74) is 6.80. The summed E-state index contributed by atoms with van der Waals surface area (Å²) in [6.07, 6.45) is 6.70. The van der Waals surface area contributed by atoms with Crippen LogP contribution in [0.15, 0.2) is 29.2 Å². The first-order valence-electron chi connectivity index (χ1n) is 7.88. The molecule has 0 heterocycles. The molecule has 20 heavy (non-hydrogen) atoms. The normalized spacial score (nSPS) is 12.8. The van der Waals surface area contributed by atoms with Crippen molar-refractivity contribution in [3.8, 4) is 0 Å². The smallest absolute Gasteiger partial charge is 0.0532 e. The minimum atomic E-state index is -0.864. The molecule has 0 aromatic heterocycles. The fourth-order valence-corrected chi connectivity index (χ4v) is 4.05. The molecule has 0 radical (unpaired) electrons. The molecule has 1 unspecified atom stereocenters. The Morgan fingerprint density at radius 3 is 2.50 bits per heavy atom. The first kappa shape index (κ1) is 17.4. The highest BCUT2D eigenvalue weighted by Crippen LogP contribution is 2.19. The highest BCUT2D eigenvalue weighted by atomic mass is 32.2. The van der Waals surface area contributed by atoms with Crippen LogP contribution in [0, 0.1) is 5.92 Å². The molecule has 2 N–H and O–H groups in total. The van der Waals surface area contributed by atoms with Crippen molar-refractivity contribution >= 4 is 10.8 Å². The van der Waals surface area contributed by atoms with Crippen molar-refractivity contribution in [2.45, 2.75) is 57.3 Å². The van der Waals surface area contributed by atoms with E-state index >= 15 is 0 Å². The van der Waals surface area contributed by atoms with Gasteiger partial charge in [-0.15, -0.1) is 0 Å². The van der Waals surface area contributed by atoms with Crippen LogP contribution in [0.4, 0.5) is 0 Å². The molecule has 0 saturated heterocycles. The third-order valence-electron chi connectivity index (χ3n) is 3.61. The molecule has 0 bridgehead atoms. The summed E-state index contributed by atoms with van der Waals surface area (Å²) < 4.78 is 12.5. The SMILES string of the molecule is CCCC(CCC)CS(=O)c1cccc(CCCN)c1. The maximum atomic E-state index is 12.5. The Balaban J connectivity index is 2.65. The van der Waals surface area contributed by atoms with E-state index in [1.54, 1.807) is 0 Å². The zero-order chi connectivity index (χ0) is 14.8. The highest BCUT2D eigenvalue weighted by Gasteiger charge is 2.13. The molecular weight excluding hydrogens is 266 g/mol. The van der Waals surface area contributed by atoms with Gasteiger partial charge in [0.2, 0.25) is 0 Å². The quantitative estimate of drug-likeness (QED) is 0.711. The van der Waals surface area contributed by atoms with Crippen LogP contribution in [0.25, 0.3) is 0 Å². The molecular formula is C17H29NOS. The maximum Gasteiger partial charge on any atom is 0.0532 e. The van der Waals surface area contributed by atoms with Crippen molar-refractivity contribution in [3.05, 3.63) is 29.8 Å². The summed E-state index contributed by atoms with van der Waals surface area (Å²) in [7, 11) is -0.864. The summed E-state index contributed by atoms with van der Waals surface area (Å²) in [5.74, 6) is 1.40. The number of benzene rings is 1. The standard InChI is InChI=1S/C17H29NOS/c1-3-7-16(8-4-2)14-20(19)17-11-5-9-15(13-17)10-6-12-18/h5,9,11,13,16H,3-4,6-8,10,12,14,18H2,1-2H3. The van der Waals surface area contributed by atoms with Gasteiger partial charge in [-0.05, 0) is 55.8 Å². The van der Waals surface area contributed by atoms with Gasteiger partial charge in [0.05, 0.1) is 10.8 Å². The summed E-state index contributed by atoms with van der Waals surface area (Å²) in [6, 6.07) is 8.22. The van der Waals surface area contributed by atoms with Crippen molar-refractivity contribution < 1.29 is 4.21 Å². The van der Waals surface area contributed by atoms with E-state index < -0.39 is 10.8 Å². The van der Waals surface area contributed by atoms with Crippen LogP contribution in [-0.4, -0.2) is 16.5 Å². The third-order valence-corrected chi connectivity index (χ3v) is 5.17. The van der Waals surface area contributed by atoms with Gasteiger partial charge in [-0.3, -0.25) is 4.21 Å². The average Bonchev–Trinajstić information content (AvgIpc) is 2.46. The lowest BCUT2D eigenvalue weighted by molar-refractivity contribution is 0.483. The van der Waals surface area contributed by atoms with Crippen LogP contribution >= 0.6 is 0 Å².